The van der Waals surface area contributed by atoms with Gasteiger partial charge in [0, 0.05) is 57.8 Å². The van der Waals surface area contributed by atoms with Gasteiger partial charge in [-0.3, -0.25) is 9.59 Å². The van der Waals surface area contributed by atoms with Gasteiger partial charge in [-0.25, -0.2) is 41.8 Å². The molecule has 0 heterocycles. The van der Waals surface area contributed by atoms with Crippen LogP contribution in [0.25, 0.3) is 0 Å². The molecule has 0 atom stereocenters. The van der Waals surface area contributed by atoms with E-state index in [1.54, 1.807) is 0 Å². The Labute approximate surface area is 275 Å². The SMILES string of the molecule is CCCCC(=O)Nc1ccc(F)[c-]c1F.CCCCC(=O)Nc1ccc(F)[c-]c1F.[Ti+4].[Ti].c1cc[cH-]c1.c1cc[cH-]c1. The van der Waals surface area contributed by atoms with Crippen LogP contribution in [0.15, 0.2) is 84.9 Å². The van der Waals surface area contributed by atoms with E-state index in [1.165, 1.54) is 12.1 Å². The second-order valence-electron chi connectivity index (χ2n) is 8.30. The van der Waals surface area contributed by atoms with Crippen LogP contribution in [-0.4, -0.2) is 11.8 Å². The summed E-state index contributed by atoms with van der Waals surface area (Å²) in [6, 6.07) is 28.2. The number of unbranched alkanes of at least 4 members (excludes halogenated alkanes) is 2. The largest absolute Gasteiger partial charge is 4.00 e. The van der Waals surface area contributed by atoms with Gasteiger partial charge in [0.2, 0.25) is 11.8 Å². The fourth-order valence-corrected chi connectivity index (χ4v) is 2.82. The van der Waals surface area contributed by atoms with Crippen LogP contribution < -0.4 is 10.6 Å². The van der Waals surface area contributed by atoms with Crippen molar-refractivity contribution in [3.8, 4) is 0 Å². The second kappa shape index (κ2) is 25.9. The van der Waals surface area contributed by atoms with E-state index in [4.69, 9.17) is 0 Å². The Morgan fingerprint density at radius 1 is 0.667 bits per heavy atom. The standard InChI is InChI=1S/2C11H12F2NO.2C5H5.2Ti/c2*1-2-3-4-11(15)14-10-6-5-8(12)7-9(10)13;2*1-2-4-5-3-1;;/h2*5-6H,2-4H2,1H3,(H,14,15);2*1-5H;;/q4*-1;;+4. The molecule has 4 rings (SSSR count). The van der Waals surface area contributed by atoms with Gasteiger partial charge < -0.3 is 10.6 Å². The van der Waals surface area contributed by atoms with E-state index in [2.05, 4.69) is 10.6 Å². The van der Waals surface area contributed by atoms with Crippen LogP contribution in [0.3, 0.4) is 0 Å². The minimum atomic E-state index is -0.875. The topological polar surface area (TPSA) is 58.2 Å². The monoisotopic (exact) mass is 650 g/mol. The zero-order chi connectivity index (χ0) is 29.6. The van der Waals surface area contributed by atoms with Crippen molar-refractivity contribution in [1.29, 1.82) is 0 Å². The Kier molecular flexibility index (Phi) is 25.5. The molecule has 0 aliphatic heterocycles. The molecule has 2 amide bonds. The molecule has 0 aromatic heterocycles. The van der Waals surface area contributed by atoms with Crippen molar-refractivity contribution < 1.29 is 70.6 Å². The first kappa shape index (κ1) is 41.4. The van der Waals surface area contributed by atoms with E-state index in [-0.39, 0.29) is 66.6 Å². The Balaban J connectivity index is 0. The number of carbonyl (C=O) groups is 2. The van der Waals surface area contributed by atoms with Crippen LogP contribution in [0.5, 0.6) is 0 Å². The van der Waals surface area contributed by atoms with Crippen molar-refractivity contribution in [3.05, 3.63) is 120 Å². The van der Waals surface area contributed by atoms with Crippen LogP contribution >= 0.6 is 0 Å². The summed E-state index contributed by atoms with van der Waals surface area (Å²) in [4.78, 5) is 22.4. The summed E-state index contributed by atoms with van der Waals surface area (Å²) >= 11 is 0. The molecule has 4 nitrogen and oxygen atoms in total. The molecule has 0 aliphatic carbocycles. The smallest absolute Gasteiger partial charge is 0.377 e. The van der Waals surface area contributed by atoms with E-state index in [9.17, 15) is 27.2 Å². The van der Waals surface area contributed by atoms with E-state index >= 15 is 0 Å². The third kappa shape index (κ3) is 20.2. The van der Waals surface area contributed by atoms with Gasteiger partial charge in [-0.2, -0.15) is 36.4 Å². The molecule has 42 heavy (non-hydrogen) atoms. The zero-order valence-electron chi connectivity index (χ0n) is 23.7. The van der Waals surface area contributed by atoms with Gasteiger partial charge >= 0.3 is 21.7 Å². The van der Waals surface area contributed by atoms with Crippen LogP contribution in [0.1, 0.15) is 52.4 Å². The predicted octanol–water partition coefficient (Wildman–Crippen LogP) is 8.59. The molecular formula is C32H34F4N2O2Ti2. The molecule has 0 unspecified atom stereocenters. The van der Waals surface area contributed by atoms with E-state index in [1.807, 2.05) is 86.6 Å². The molecule has 0 radical (unpaired) electrons. The molecule has 10 heteroatoms. The maximum Gasteiger partial charge on any atom is 4.00 e. The first-order chi connectivity index (χ1) is 19.3. The molecule has 0 aliphatic rings. The Morgan fingerprint density at radius 3 is 1.24 bits per heavy atom. The molecule has 2 N–H and O–H groups in total. The Bertz CT molecular complexity index is 1090. The van der Waals surface area contributed by atoms with Crippen molar-refractivity contribution in [1.82, 2.24) is 0 Å². The van der Waals surface area contributed by atoms with Gasteiger partial charge in [0.25, 0.3) is 0 Å². The van der Waals surface area contributed by atoms with Crippen molar-refractivity contribution in [2.75, 3.05) is 10.6 Å². The molecule has 0 saturated heterocycles. The molecule has 4 aromatic rings. The summed E-state index contributed by atoms with van der Waals surface area (Å²) < 4.78 is 51.0. The van der Waals surface area contributed by atoms with Crippen LogP contribution in [0.4, 0.5) is 28.9 Å². The maximum absolute atomic E-state index is 13.0. The predicted molar refractivity (Wildman–Crippen MR) is 151 cm³/mol. The fourth-order valence-electron chi connectivity index (χ4n) is 2.82. The number of amides is 2. The Morgan fingerprint density at radius 2 is 1.00 bits per heavy atom. The minimum absolute atomic E-state index is 0. The number of benzene rings is 2. The van der Waals surface area contributed by atoms with Crippen molar-refractivity contribution in [3.63, 3.8) is 0 Å². The first-order valence-electron chi connectivity index (χ1n) is 12.9. The normalized spacial score (nSPS) is 9.10. The van der Waals surface area contributed by atoms with E-state index < -0.39 is 23.3 Å². The third-order valence-corrected chi connectivity index (χ3v) is 4.90. The number of hydrogen-bond acceptors (Lipinski definition) is 2. The van der Waals surface area contributed by atoms with Crippen LogP contribution in [-0.2, 0) is 53.0 Å². The number of anilines is 2. The summed E-state index contributed by atoms with van der Waals surface area (Å²) in [5.41, 5.74) is -0.0602. The second-order valence-corrected chi connectivity index (χ2v) is 8.30. The van der Waals surface area contributed by atoms with E-state index in [0.717, 1.165) is 37.8 Å². The van der Waals surface area contributed by atoms with Crippen molar-refractivity contribution >= 4 is 23.2 Å². The molecule has 4 aromatic carbocycles. The summed E-state index contributed by atoms with van der Waals surface area (Å²) in [5.74, 6) is -3.84. The summed E-state index contributed by atoms with van der Waals surface area (Å²) in [6.07, 6.45) is 3.97. The van der Waals surface area contributed by atoms with Crippen LogP contribution in [0, 0.1) is 35.4 Å². The van der Waals surface area contributed by atoms with Crippen molar-refractivity contribution in [2.24, 2.45) is 0 Å². The van der Waals surface area contributed by atoms with Gasteiger partial charge in [0.05, 0.1) is 0 Å². The molecule has 0 saturated carbocycles. The molecule has 0 fully saturated rings. The molecule has 220 valence electrons. The Hall–Kier alpha value is -2.77. The molecular weight excluding hydrogens is 616 g/mol. The number of rotatable bonds is 8. The quantitative estimate of drug-likeness (QED) is 0.114. The molecule has 0 spiro atoms. The van der Waals surface area contributed by atoms with Crippen LogP contribution in [0.2, 0.25) is 0 Å². The fraction of sp³-hybridized carbons (Fsp3) is 0.250. The number of hydrogen-bond donors (Lipinski definition) is 2. The maximum atomic E-state index is 13.0. The number of halogens is 4. The summed E-state index contributed by atoms with van der Waals surface area (Å²) in [7, 11) is 0. The average molecular weight is 650 g/mol. The van der Waals surface area contributed by atoms with Crippen molar-refractivity contribution in [2.45, 2.75) is 52.4 Å². The van der Waals surface area contributed by atoms with Gasteiger partial charge in [-0.1, -0.05) is 26.7 Å². The van der Waals surface area contributed by atoms with Gasteiger partial charge in [-0.15, -0.1) is 36.4 Å². The van der Waals surface area contributed by atoms with Gasteiger partial charge in [0.15, 0.2) is 0 Å². The molecule has 0 bridgehead atoms. The first-order valence-corrected chi connectivity index (χ1v) is 12.9. The van der Waals surface area contributed by atoms with E-state index in [0.29, 0.717) is 12.8 Å². The summed E-state index contributed by atoms with van der Waals surface area (Å²) in [5, 5.41) is 4.72. The summed E-state index contributed by atoms with van der Waals surface area (Å²) in [6.45, 7) is 3.92. The zero-order valence-corrected chi connectivity index (χ0v) is 26.8. The minimum Gasteiger partial charge on any atom is -0.377 e. The third-order valence-electron chi connectivity index (χ3n) is 4.90. The van der Waals surface area contributed by atoms with Gasteiger partial charge in [-0.05, 0) is 24.2 Å². The van der Waals surface area contributed by atoms with Gasteiger partial charge in [0.1, 0.15) is 0 Å². The number of nitrogens with one attached hydrogen (secondary N) is 2. The number of carbonyl (C=O) groups excluding carboxylic acids is 2. The average Bonchev–Trinajstić information content (AvgIpc) is 3.70.